The van der Waals surface area contributed by atoms with Gasteiger partial charge in [0.15, 0.2) is 0 Å². The normalized spacial score (nSPS) is 13.0. The van der Waals surface area contributed by atoms with Crippen molar-refractivity contribution in [3.05, 3.63) is 18.2 Å². The van der Waals surface area contributed by atoms with Crippen LogP contribution in [0.4, 0.5) is 11.4 Å². The van der Waals surface area contributed by atoms with Crippen LogP contribution in [0.1, 0.15) is 20.8 Å². The van der Waals surface area contributed by atoms with Gasteiger partial charge in [-0.1, -0.05) is 13.8 Å². The molecule has 0 heterocycles. The number of amides is 1. The van der Waals surface area contributed by atoms with Crippen LogP contribution >= 0.6 is 0 Å². The molecule has 1 atom stereocenters. The van der Waals surface area contributed by atoms with Gasteiger partial charge in [-0.3, -0.25) is 4.79 Å². The number of carbonyl (C=O) groups excluding carboxylic acids is 1. The van der Waals surface area contributed by atoms with Gasteiger partial charge in [0.2, 0.25) is 15.9 Å². The van der Waals surface area contributed by atoms with Crippen molar-refractivity contribution in [2.75, 3.05) is 30.8 Å². The van der Waals surface area contributed by atoms with Gasteiger partial charge in [-0.2, -0.15) is 4.31 Å². The molecule has 0 unspecified atom stereocenters. The lowest BCUT2D eigenvalue weighted by atomic mass is 10.2. The molecule has 0 fully saturated rings. The van der Waals surface area contributed by atoms with E-state index in [1.807, 2.05) is 0 Å². The zero-order chi connectivity index (χ0) is 16.9. The van der Waals surface area contributed by atoms with Crippen molar-refractivity contribution in [2.24, 2.45) is 5.73 Å². The van der Waals surface area contributed by atoms with E-state index >= 15 is 0 Å². The molecule has 4 N–H and O–H groups in total. The molecule has 0 aliphatic heterocycles. The van der Waals surface area contributed by atoms with Crippen molar-refractivity contribution in [1.82, 2.24) is 4.31 Å². The second kappa shape index (κ2) is 7.57. The molecule has 0 saturated carbocycles. The van der Waals surface area contributed by atoms with Crippen LogP contribution in [-0.2, 0) is 14.8 Å². The number of hydrogen-bond donors (Lipinski definition) is 3. The summed E-state index contributed by atoms with van der Waals surface area (Å²) in [4.78, 5) is 11.9. The summed E-state index contributed by atoms with van der Waals surface area (Å²) in [6, 6.07) is 3.89. The first-order chi connectivity index (χ1) is 10.3. The quantitative estimate of drug-likeness (QED) is 0.694. The molecule has 0 spiro atoms. The average molecular weight is 328 g/mol. The van der Waals surface area contributed by atoms with Crippen LogP contribution in [0.3, 0.4) is 0 Å². The molecular weight excluding hydrogens is 304 g/mol. The van der Waals surface area contributed by atoms with E-state index in [1.54, 1.807) is 33.9 Å². The van der Waals surface area contributed by atoms with Crippen molar-refractivity contribution >= 4 is 27.3 Å². The summed E-state index contributed by atoms with van der Waals surface area (Å²) in [5, 5.41) is 5.55. The maximum Gasteiger partial charge on any atom is 0.243 e. The Bertz CT molecular complexity index is 625. The van der Waals surface area contributed by atoms with Crippen molar-refractivity contribution in [3.8, 4) is 0 Å². The van der Waals surface area contributed by atoms with Crippen molar-refractivity contribution < 1.29 is 13.2 Å². The predicted molar refractivity (Wildman–Crippen MR) is 88.4 cm³/mol. The van der Waals surface area contributed by atoms with Crippen LogP contribution in [0.2, 0.25) is 0 Å². The summed E-state index contributed by atoms with van der Waals surface area (Å²) >= 11 is 0. The topological polar surface area (TPSA) is 105 Å². The van der Waals surface area contributed by atoms with E-state index in [-0.39, 0.29) is 10.8 Å². The SMILES string of the molecule is CCN(CC)S(=O)(=O)c1ccc(NC)c(NC(=O)[C@H](C)N)c1. The third kappa shape index (κ3) is 3.96. The Morgan fingerprint density at radius 2 is 1.86 bits per heavy atom. The summed E-state index contributed by atoms with van der Waals surface area (Å²) in [6.07, 6.45) is 0. The molecule has 1 aromatic rings. The highest BCUT2D eigenvalue weighted by atomic mass is 32.2. The zero-order valence-corrected chi connectivity index (χ0v) is 14.2. The Labute approximate surface area is 131 Å². The third-order valence-corrected chi connectivity index (χ3v) is 5.32. The number of nitrogens with one attached hydrogen (secondary N) is 2. The summed E-state index contributed by atoms with van der Waals surface area (Å²) in [5.74, 6) is -0.381. The van der Waals surface area contributed by atoms with Gasteiger partial charge in [0.25, 0.3) is 0 Å². The van der Waals surface area contributed by atoms with Crippen LogP contribution in [0, 0.1) is 0 Å². The molecule has 8 heteroatoms. The van der Waals surface area contributed by atoms with Crippen LogP contribution in [-0.4, -0.2) is 44.8 Å². The Morgan fingerprint density at radius 1 is 1.27 bits per heavy atom. The molecule has 1 rings (SSSR count). The summed E-state index contributed by atoms with van der Waals surface area (Å²) in [6.45, 7) is 5.89. The lowest BCUT2D eigenvalue weighted by molar-refractivity contribution is -0.117. The molecular formula is C14H24N4O3S. The minimum Gasteiger partial charge on any atom is -0.386 e. The number of anilines is 2. The number of nitrogens with two attached hydrogens (primary N) is 1. The number of sulfonamides is 1. The maximum absolute atomic E-state index is 12.5. The van der Waals surface area contributed by atoms with Crippen molar-refractivity contribution in [1.29, 1.82) is 0 Å². The molecule has 1 aromatic carbocycles. The highest BCUT2D eigenvalue weighted by Crippen LogP contribution is 2.27. The Balaban J connectivity index is 3.28. The fraction of sp³-hybridized carbons (Fsp3) is 0.500. The number of nitrogens with zero attached hydrogens (tertiary/aromatic N) is 1. The summed E-state index contributed by atoms with van der Waals surface area (Å²) in [5.41, 5.74) is 6.54. The lowest BCUT2D eigenvalue weighted by Gasteiger charge is -2.20. The molecule has 7 nitrogen and oxygen atoms in total. The summed E-state index contributed by atoms with van der Waals surface area (Å²) < 4.78 is 26.4. The second-order valence-corrected chi connectivity index (χ2v) is 6.76. The largest absolute Gasteiger partial charge is 0.386 e. The van der Waals surface area contributed by atoms with Gasteiger partial charge in [0, 0.05) is 20.1 Å². The van der Waals surface area contributed by atoms with E-state index in [2.05, 4.69) is 10.6 Å². The Hall–Kier alpha value is -1.64. The van der Waals surface area contributed by atoms with Gasteiger partial charge in [-0.05, 0) is 25.1 Å². The highest BCUT2D eigenvalue weighted by Gasteiger charge is 2.23. The monoisotopic (exact) mass is 328 g/mol. The molecule has 0 aliphatic carbocycles. The molecule has 0 radical (unpaired) electrons. The van der Waals surface area contributed by atoms with E-state index < -0.39 is 16.1 Å². The van der Waals surface area contributed by atoms with E-state index in [1.165, 1.54) is 16.4 Å². The van der Waals surface area contributed by atoms with Crippen LogP contribution in [0.5, 0.6) is 0 Å². The van der Waals surface area contributed by atoms with E-state index in [4.69, 9.17) is 5.73 Å². The average Bonchev–Trinajstić information content (AvgIpc) is 2.47. The van der Waals surface area contributed by atoms with Gasteiger partial charge < -0.3 is 16.4 Å². The minimum absolute atomic E-state index is 0.134. The standard InChI is InChI=1S/C14H24N4O3S/c1-5-18(6-2)22(20,21)11-7-8-12(16-4)13(9-11)17-14(19)10(3)15/h7-10,16H,5-6,15H2,1-4H3,(H,17,19)/t10-/m0/s1. The number of carbonyl (C=O) groups is 1. The second-order valence-electron chi connectivity index (χ2n) is 4.82. The number of rotatable bonds is 7. The van der Waals surface area contributed by atoms with Gasteiger partial charge in [0.1, 0.15) is 0 Å². The van der Waals surface area contributed by atoms with Crippen LogP contribution in [0.25, 0.3) is 0 Å². The molecule has 0 bridgehead atoms. The van der Waals surface area contributed by atoms with Gasteiger partial charge in [0.05, 0.1) is 22.3 Å². The Kier molecular flexibility index (Phi) is 6.34. The zero-order valence-electron chi connectivity index (χ0n) is 13.4. The number of benzene rings is 1. The minimum atomic E-state index is -3.58. The first kappa shape index (κ1) is 18.4. The van der Waals surface area contributed by atoms with Crippen LogP contribution in [0.15, 0.2) is 23.1 Å². The maximum atomic E-state index is 12.5. The first-order valence-electron chi connectivity index (χ1n) is 7.16. The first-order valence-corrected chi connectivity index (χ1v) is 8.60. The van der Waals surface area contributed by atoms with Gasteiger partial charge in [-0.25, -0.2) is 8.42 Å². The van der Waals surface area contributed by atoms with E-state index in [0.717, 1.165) is 0 Å². The molecule has 0 aliphatic rings. The molecule has 0 saturated heterocycles. The fourth-order valence-electron chi connectivity index (χ4n) is 1.96. The fourth-order valence-corrected chi connectivity index (χ4v) is 3.45. The summed E-state index contributed by atoms with van der Waals surface area (Å²) in [7, 11) is -1.89. The smallest absolute Gasteiger partial charge is 0.243 e. The number of hydrogen-bond acceptors (Lipinski definition) is 5. The molecule has 22 heavy (non-hydrogen) atoms. The van der Waals surface area contributed by atoms with Crippen LogP contribution < -0.4 is 16.4 Å². The molecule has 0 aromatic heterocycles. The molecule has 1 amide bonds. The lowest BCUT2D eigenvalue weighted by Crippen LogP contribution is -2.33. The van der Waals surface area contributed by atoms with Crippen molar-refractivity contribution in [2.45, 2.75) is 31.7 Å². The van der Waals surface area contributed by atoms with E-state index in [9.17, 15) is 13.2 Å². The molecule has 124 valence electrons. The van der Waals surface area contributed by atoms with E-state index in [0.29, 0.717) is 24.5 Å². The Morgan fingerprint density at radius 3 is 2.32 bits per heavy atom. The highest BCUT2D eigenvalue weighted by molar-refractivity contribution is 7.89. The van der Waals surface area contributed by atoms with Crippen molar-refractivity contribution in [3.63, 3.8) is 0 Å². The van der Waals surface area contributed by atoms with Gasteiger partial charge in [-0.15, -0.1) is 0 Å². The predicted octanol–water partition coefficient (Wildman–Crippen LogP) is 1.04. The third-order valence-electron chi connectivity index (χ3n) is 3.27. The van der Waals surface area contributed by atoms with Gasteiger partial charge >= 0.3 is 0 Å².